The minimum absolute atomic E-state index is 0.0292. The van der Waals surface area contributed by atoms with E-state index in [1.807, 2.05) is 38.1 Å². The summed E-state index contributed by atoms with van der Waals surface area (Å²) in [5.74, 6) is 0.841. The molecule has 0 bridgehead atoms. The van der Waals surface area contributed by atoms with Gasteiger partial charge in [-0.2, -0.15) is 0 Å². The zero-order chi connectivity index (χ0) is 17.1. The molecule has 0 aliphatic carbocycles. The van der Waals surface area contributed by atoms with Gasteiger partial charge in [0.15, 0.2) is 0 Å². The predicted molar refractivity (Wildman–Crippen MR) is 94.7 cm³/mol. The monoisotopic (exact) mass is 330 g/mol. The van der Waals surface area contributed by atoms with Crippen LogP contribution in [0.25, 0.3) is 10.9 Å². The first-order chi connectivity index (χ1) is 11.6. The third-order valence-electron chi connectivity index (χ3n) is 4.31. The highest BCUT2D eigenvalue weighted by Gasteiger charge is 2.25. The minimum atomic E-state index is -0.0292. The highest BCUT2D eigenvalue weighted by Crippen LogP contribution is 2.34. The van der Waals surface area contributed by atoms with Crippen LogP contribution in [0.1, 0.15) is 44.1 Å². The molecule has 0 saturated heterocycles. The van der Waals surface area contributed by atoms with Gasteiger partial charge >= 0.3 is 0 Å². The Hall–Kier alpha value is -2.01. The van der Waals surface area contributed by atoms with E-state index >= 15 is 0 Å². The normalized spacial score (nSPS) is 16.4. The van der Waals surface area contributed by atoms with Gasteiger partial charge in [0.25, 0.3) is 5.91 Å². The summed E-state index contributed by atoms with van der Waals surface area (Å²) >= 11 is 0. The maximum absolute atomic E-state index is 12.6. The molecule has 1 atom stereocenters. The van der Waals surface area contributed by atoms with Crippen molar-refractivity contribution in [3.8, 4) is 5.75 Å². The lowest BCUT2D eigenvalue weighted by Gasteiger charge is -2.26. The predicted octanol–water partition coefficient (Wildman–Crippen LogP) is 3.36. The topological polar surface area (TPSA) is 52.5 Å². The number of nitrogens with one attached hydrogen (secondary N) is 1. The summed E-state index contributed by atoms with van der Waals surface area (Å²) in [6, 6.07) is 7.94. The van der Waals surface area contributed by atoms with Gasteiger partial charge in [-0.3, -0.25) is 4.79 Å². The number of ether oxygens (including phenoxy) is 2. The highest BCUT2D eigenvalue weighted by molar-refractivity contribution is 6.00. The van der Waals surface area contributed by atoms with Gasteiger partial charge in [-0.05, 0) is 38.8 Å². The zero-order valence-corrected chi connectivity index (χ0v) is 14.7. The molecule has 0 unspecified atom stereocenters. The van der Waals surface area contributed by atoms with Crippen molar-refractivity contribution in [1.82, 2.24) is 9.88 Å². The molecular formula is C19H26N2O3. The molecular weight excluding hydrogens is 304 g/mol. The number of benzene rings is 1. The van der Waals surface area contributed by atoms with Crippen molar-refractivity contribution in [3.63, 3.8) is 0 Å². The van der Waals surface area contributed by atoms with E-state index in [9.17, 15) is 4.79 Å². The number of amides is 1. The molecule has 1 aromatic carbocycles. The third kappa shape index (κ3) is 3.41. The van der Waals surface area contributed by atoms with Crippen LogP contribution >= 0.6 is 0 Å². The molecule has 1 aliphatic heterocycles. The van der Waals surface area contributed by atoms with Crippen molar-refractivity contribution in [3.05, 3.63) is 30.0 Å². The van der Waals surface area contributed by atoms with E-state index in [1.54, 1.807) is 0 Å². The van der Waals surface area contributed by atoms with E-state index in [0.29, 0.717) is 18.8 Å². The summed E-state index contributed by atoms with van der Waals surface area (Å²) in [6.45, 7) is 8.13. The lowest BCUT2D eigenvalue weighted by atomic mass is 10.2. The van der Waals surface area contributed by atoms with Crippen LogP contribution in [-0.4, -0.2) is 35.8 Å². The average Bonchev–Trinajstić information content (AvgIpc) is 2.94. The van der Waals surface area contributed by atoms with Crippen LogP contribution in [0.15, 0.2) is 24.3 Å². The molecule has 0 spiro atoms. The minimum Gasteiger partial charge on any atom is -0.486 e. The number of carbonyl (C=O) groups excluding carboxylic acids is 1. The van der Waals surface area contributed by atoms with E-state index in [1.165, 1.54) is 0 Å². The number of nitrogens with zero attached hydrogens (tertiary/aromatic N) is 1. The van der Waals surface area contributed by atoms with Crippen molar-refractivity contribution in [2.45, 2.75) is 52.4 Å². The molecule has 1 aliphatic rings. The molecule has 24 heavy (non-hydrogen) atoms. The molecule has 0 saturated carbocycles. The molecule has 5 heteroatoms. The molecule has 0 radical (unpaired) electrons. The average molecular weight is 330 g/mol. The largest absolute Gasteiger partial charge is 0.486 e. The highest BCUT2D eigenvalue weighted by atomic mass is 16.5. The fourth-order valence-corrected chi connectivity index (χ4v) is 3.08. The third-order valence-corrected chi connectivity index (χ3v) is 4.31. The Morgan fingerprint density at radius 1 is 1.46 bits per heavy atom. The number of hydrogen-bond acceptors (Lipinski definition) is 3. The zero-order valence-electron chi connectivity index (χ0n) is 14.7. The van der Waals surface area contributed by atoms with Crippen LogP contribution < -0.4 is 10.1 Å². The Morgan fingerprint density at radius 3 is 3.04 bits per heavy atom. The second-order valence-corrected chi connectivity index (χ2v) is 6.51. The number of rotatable bonds is 7. The first-order valence-corrected chi connectivity index (χ1v) is 8.78. The van der Waals surface area contributed by atoms with Crippen LogP contribution in [0.2, 0.25) is 0 Å². The van der Waals surface area contributed by atoms with Gasteiger partial charge in [-0.15, -0.1) is 0 Å². The summed E-state index contributed by atoms with van der Waals surface area (Å²) in [5.41, 5.74) is 1.74. The molecule has 3 rings (SSSR count). The van der Waals surface area contributed by atoms with Gasteiger partial charge in [-0.1, -0.05) is 19.1 Å². The Balaban J connectivity index is 1.73. The fraction of sp³-hybridized carbons (Fsp3) is 0.526. The van der Waals surface area contributed by atoms with Crippen LogP contribution in [0.5, 0.6) is 5.75 Å². The van der Waals surface area contributed by atoms with Gasteiger partial charge in [0.05, 0.1) is 18.2 Å². The van der Waals surface area contributed by atoms with Crippen LogP contribution in [-0.2, 0) is 11.3 Å². The van der Waals surface area contributed by atoms with E-state index in [2.05, 4.69) is 16.8 Å². The molecule has 1 aromatic heterocycles. The summed E-state index contributed by atoms with van der Waals surface area (Å²) < 4.78 is 13.6. The Labute approximate surface area is 142 Å². The summed E-state index contributed by atoms with van der Waals surface area (Å²) in [7, 11) is 0. The van der Waals surface area contributed by atoms with E-state index in [4.69, 9.17) is 9.47 Å². The number of hydrogen-bond donors (Lipinski definition) is 1. The van der Waals surface area contributed by atoms with Crippen LogP contribution in [0.3, 0.4) is 0 Å². The van der Waals surface area contributed by atoms with Crippen LogP contribution in [0.4, 0.5) is 0 Å². The van der Waals surface area contributed by atoms with Gasteiger partial charge in [-0.25, -0.2) is 0 Å². The van der Waals surface area contributed by atoms with Gasteiger partial charge in [0.1, 0.15) is 17.5 Å². The number of carbonyl (C=O) groups is 1. The van der Waals surface area contributed by atoms with Gasteiger partial charge < -0.3 is 19.4 Å². The fourth-order valence-electron chi connectivity index (χ4n) is 3.08. The van der Waals surface area contributed by atoms with Crippen molar-refractivity contribution in [2.24, 2.45) is 0 Å². The smallest absolute Gasteiger partial charge is 0.267 e. The van der Waals surface area contributed by atoms with Crippen LogP contribution in [0, 0.1) is 0 Å². The summed E-state index contributed by atoms with van der Waals surface area (Å²) in [5, 5.41) is 4.06. The summed E-state index contributed by atoms with van der Waals surface area (Å²) in [4.78, 5) is 12.6. The SMILES string of the molecule is CC[C@@H]1Cn2c(C(=O)NCCCOC(C)C)cc3cccc(c32)O1. The summed E-state index contributed by atoms with van der Waals surface area (Å²) in [6.07, 6.45) is 2.07. The molecule has 5 nitrogen and oxygen atoms in total. The second-order valence-electron chi connectivity index (χ2n) is 6.51. The first-order valence-electron chi connectivity index (χ1n) is 8.78. The van der Waals surface area contributed by atoms with Gasteiger partial charge in [0.2, 0.25) is 0 Å². The van der Waals surface area contributed by atoms with Crippen molar-refractivity contribution < 1.29 is 14.3 Å². The number of aromatic nitrogens is 1. The maximum Gasteiger partial charge on any atom is 0.267 e. The maximum atomic E-state index is 12.6. The molecule has 1 amide bonds. The quantitative estimate of drug-likeness (QED) is 0.792. The molecule has 2 heterocycles. The Morgan fingerprint density at radius 2 is 2.29 bits per heavy atom. The molecule has 1 N–H and O–H groups in total. The first kappa shape index (κ1) is 16.8. The standard InChI is InChI=1S/C19H26N2O3/c1-4-15-12-21-16(19(22)20-9-6-10-23-13(2)3)11-14-7-5-8-17(24-15)18(14)21/h5,7-8,11,13,15H,4,6,9-10,12H2,1-3H3,(H,20,22)/t15-/m1/s1. The number of para-hydroxylation sites is 1. The van der Waals surface area contributed by atoms with E-state index in [-0.39, 0.29) is 18.1 Å². The van der Waals surface area contributed by atoms with Crippen molar-refractivity contribution >= 4 is 16.8 Å². The van der Waals surface area contributed by atoms with E-state index in [0.717, 1.165) is 36.0 Å². The molecule has 0 fully saturated rings. The van der Waals surface area contributed by atoms with Crippen molar-refractivity contribution in [2.75, 3.05) is 13.2 Å². The molecule has 130 valence electrons. The van der Waals surface area contributed by atoms with Crippen molar-refractivity contribution in [1.29, 1.82) is 0 Å². The Kier molecular flexibility index (Phi) is 5.09. The lowest BCUT2D eigenvalue weighted by molar-refractivity contribution is 0.0755. The second kappa shape index (κ2) is 7.26. The lowest BCUT2D eigenvalue weighted by Crippen LogP contribution is -2.32. The van der Waals surface area contributed by atoms with E-state index < -0.39 is 0 Å². The van der Waals surface area contributed by atoms with Gasteiger partial charge in [0, 0.05) is 18.5 Å². The molecule has 2 aromatic rings. The Bertz CT molecular complexity index is 721.